The average molecular weight is 279 g/mol. The summed E-state index contributed by atoms with van der Waals surface area (Å²) in [6, 6.07) is 2.88. The van der Waals surface area contributed by atoms with Crippen molar-refractivity contribution in [2.45, 2.75) is 79.3 Å². The van der Waals surface area contributed by atoms with Crippen LogP contribution in [0.4, 0.5) is 0 Å². The van der Waals surface area contributed by atoms with Gasteiger partial charge in [-0.1, -0.05) is 27.7 Å². The van der Waals surface area contributed by atoms with Crippen LogP contribution < -0.4 is 5.32 Å². The van der Waals surface area contributed by atoms with Crippen molar-refractivity contribution >= 4 is 0 Å². The van der Waals surface area contributed by atoms with Crippen LogP contribution in [-0.4, -0.2) is 22.4 Å². The minimum absolute atomic E-state index is 0.587. The van der Waals surface area contributed by atoms with Gasteiger partial charge >= 0.3 is 0 Å². The molecule has 0 aromatic carbocycles. The molecule has 1 aromatic heterocycles. The van der Waals surface area contributed by atoms with E-state index in [1.165, 1.54) is 30.7 Å². The molecule has 1 heterocycles. The van der Waals surface area contributed by atoms with Crippen LogP contribution in [0.2, 0.25) is 0 Å². The smallest absolute Gasteiger partial charge is 0.0624 e. The molecule has 1 rings (SSSR count). The largest absolute Gasteiger partial charge is 0.314 e. The van der Waals surface area contributed by atoms with E-state index in [0.717, 1.165) is 31.8 Å². The summed E-state index contributed by atoms with van der Waals surface area (Å²) < 4.78 is 2.18. The third kappa shape index (κ3) is 5.66. The van der Waals surface area contributed by atoms with Gasteiger partial charge in [-0.25, -0.2) is 0 Å². The standard InChI is InChI=1S/C17H33N3/c1-6-11-18-16(10-9-14(4)5)13-17-12-15(7-2)19-20(17)8-3/h12,14,16,18H,6-11,13H2,1-5H3. The van der Waals surface area contributed by atoms with Crippen molar-refractivity contribution in [1.29, 1.82) is 0 Å². The lowest BCUT2D eigenvalue weighted by Crippen LogP contribution is -2.32. The zero-order chi connectivity index (χ0) is 15.0. The highest BCUT2D eigenvalue weighted by atomic mass is 15.3. The van der Waals surface area contributed by atoms with Gasteiger partial charge in [0, 0.05) is 24.7 Å². The summed E-state index contributed by atoms with van der Waals surface area (Å²) in [7, 11) is 0. The number of nitrogens with zero attached hydrogens (tertiary/aromatic N) is 2. The number of hydrogen-bond donors (Lipinski definition) is 1. The van der Waals surface area contributed by atoms with Crippen LogP contribution in [0.3, 0.4) is 0 Å². The van der Waals surface area contributed by atoms with Gasteiger partial charge in [-0.3, -0.25) is 4.68 Å². The van der Waals surface area contributed by atoms with E-state index in [9.17, 15) is 0 Å². The van der Waals surface area contributed by atoms with E-state index in [2.05, 4.69) is 55.8 Å². The first-order valence-electron chi connectivity index (χ1n) is 8.39. The van der Waals surface area contributed by atoms with Crippen molar-refractivity contribution in [2.24, 2.45) is 5.92 Å². The van der Waals surface area contributed by atoms with E-state index in [0.29, 0.717) is 6.04 Å². The fraction of sp³-hybridized carbons (Fsp3) is 0.824. The molecule has 0 radical (unpaired) electrons. The Hall–Kier alpha value is -0.830. The Kier molecular flexibility index (Phi) is 7.90. The highest BCUT2D eigenvalue weighted by molar-refractivity contribution is 5.12. The van der Waals surface area contributed by atoms with E-state index in [1.54, 1.807) is 0 Å². The molecule has 1 aromatic rings. The first-order chi connectivity index (χ1) is 9.60. The van der Waals surface area contributed by atoms with Crippen molar-refractivity contribution < 1.29 is 0 Å². The SMILES string of the molecule is CCCNC(CCC(C)C)Cc1cc(CC)nn1CC. The molecule has 0 amide bonds. The lowest BCUT2D eigenvalue weighted by Gasteiger charge is -2.20. The van der Waals surface area contributed by atoms with E-state index >= 15 is 0 Å². The average Bonchev–Trinajstić information content (AvgIpc) is 2.83. The second kappa shape index (κ2) is 9.17. The molecule has 0 aliphatic heterocycles. The Morgan fingerprint density at radius 1 is 1.20 bits per heavy atom. The van der Waals surface area contributed by atoms with Gasteiger partial charge in [0.2, 0.25) is 0 Å². The molecule has 3 heteroatoms. The molecule has 0 saturated carbocycles. The molecule has 0 aliphatic carbocycles. The molecule has 0 bridgehead atoms. The number of rotatable bonds is 10. The number of nitrogens with one attached hydrogen (secondary N) is 1. The maximum Gasteiger partial charge on any atom is 0.0624 e. The maximum absolute atomic E-state index is 4.66. The maximum atomic E-state index is 4.66. The Morgan fingerprint density at radius 2 is 1.95 bits per heavy atom. The summed E-state index contributed by atoms with van der Waals surface area (Å²) in [5.41, 5.74) is 2.61. The van der Waals surface area contributed by atoms with Gasteiger partial charge in [-0.2, -0.15) is 5.10 Å². The molecule has 116 valence electrons. The fourth-order valence-electron chi connectivity index (χ4n) is 2.54. The van der Waals surface area contributed by atoms with Gasteiger partial charge in [0.05, 0.1) is 5.69 Å². The molecule has 3 nitrogen and oxygen atoms in total. The Labute approximate surface area is 125 Å². The third-order valence-electron chi connectivity index (χ3n) is 3.81. The highest BCUT2D eigenvalue weighted by Gasteiger charge is 2.14. The quantitative estimate of drug-likeness (QED) is 0.706. The molecular formula is C17H33N3. The summed E-state index contributed by atoms with van der Waals surface area (Å²) in [4.78, 5) is 0. The first-order valence-corrected chi connectivity index (χ1v) is 8.39. The summed E-state index contributed by atoms with van der Waals surface area (Å²) >= 11 is 0. The molecular weight excluding hydrogens is 246 g/mol. The van der Waals surface area contributed by atoms with Crippen LogP contribution in [0, 0.1) is 5.92 Å². The van der Waals surface area contributed by atoms with Gasteiger partial charge in [0.25, 0.3) is 0 Å². The van der Waals surface area contributed by atoms with Gasteiger partial charge in [0.15, 0.2) is 0 Å². The first kappa shape index (κ1) is 17.2. The zero-order valence-corrected chi connectivity index (χ0v) is 14.1. The van der Waals surface area contributed by atoms with E-state index in [1.807, 2.05) is 0 Å². The van der Waals surface area contributed by atoms with Crippen molar-refractivity contribution in [3.05, 3.63) is 17.5 Å². The second-order valence-corrected chi connectivity index (χ2v) is 6.12. The predicted molar refractivity (Wildman–Crippen MR) is 87.1 cm³/mol. The van der Waals surface area contributed by atoms with E-state index in [-0.39, 0.29) is 0 Å². The van der Waals surface area contributed by atoms with Gasteiger partial charge in [0.1, 0.15) is 0 Å². The van der Waals surface area contributed by atoms with Gasteiger partial charge < -0.3 is 5.32 Å². The van der Waals surface area contributed by atoms with Crippen LogP contribution >= 0.6 is 0 Å². The highest BCUT2D eigenvalue weighted by Crippen LogP contribution is 2.14. The topological polar surface area (TPSA) is 29.9 Å². The minimum atomic E-state index is 0.587. The monoisotopic (exact) mass is 279 g/mol. The van der Waals surface area contributed by atoms with Crippen LogP contribution in [-0.2, 0) is 19.4 Å². The molecule has 0 fully saturated rings. The Morgan fingerprint density at radius 3 is 2.50 bits per heavy atom. The molecule has 1 atom stereocenters. The van der Waals surface area contributed by atoms with Gasteiger partial charge in [-0.15, -0.1) is 0 Å². The molecule has 0 saturated heterocycles. The van der Waals surface area contributed by atoms with Crippen molar-refractivity contribution in [3.8, 4) is 0 Å². The molecule has 0 aliphatic rings. The van der Waals surface area contributed by atoms with Crippen molar-refractivity contribution in [1.82, 2.24) is 15.1 Å². The number of hydrogen-bond acceptors (Lipinski definition) is 2. The summed E-state index contributed by atoms with van der Waals surface area (Å²) in [5.74, 6) is 0.781. The summed E-state index contributed by atoms with van der Waals surface area (Å²) in [5, 5.41) is 8.38. The minimum Gasteiger partial charge on any atom is -0.314 e. The lowest BCUT2D eigenvalue weighted by molar-refractivity contribution is 0.418. The predicted octanol–water partition coefficient (Wildman–Crippen LogP) is 3.81. The van der Waals surface area contributed by atoms with E-state index in [4.69, 9.17) is 0 Å². The molecule has 20 heavy (non-hydrogen) atoms. The van der Waals surface area contributed by atoms with Crippen molar-refractivity contribution in [2.75, 3.05) is 6.54 Å². The van der Waals surface area contributed by atoms with Crippen molar-refractivity contribution in [3.63, 3.8) is 0 Å². The van der Waals surface area contributed by atoms with E-state index < -0.39 is 0 Å². The third-order valence-corrected chi connectivity index (χ3v) is 3.81. The molecule has 1 unspecified atom stereocenters. The van der Waals surface area contributed by atoms with Gasteiger partial charge in [-0.05, 0) is 51.1 Å². The van der Waals surface area contributed by atoms with Crippen LogP contribution in [0.1, 0.15) is 65.3 Å². The Balaban J connectivity index is 2.68. The van der Waals surface area contributed by atoms with Crippen LogP contribution in [0.5, 0.6) is 0 Å². The Bertz CT molecular complexity index is 368. The molecule has 0 spiro atoms. The fourth-order valence-corrected chi connectivity index (χ4v) is 2.54. The second-order valence-electron chi connectivity index (χ2n) is 6.12. The zero-order valence-electron chi connectivity index (χ0n) is 14.1. The molecule has 1 N–H and O–H groups in total. The number of aryl methyl sites for hydroxylation is 2. The number of aromatic nitrogens is 2. The van der Waals surface area contributed by atoms with Crippen LogP contribution in [0.15, 0.2) is 6.07 Å². The summed E-state index contributed by atoms with van der Waals surface area (Å²) in [6.07, 6.45) is 5.88. The van der Waals surface area contributed by atoms with Crippen LogP contribution in [0.25, 0.3) is 0 Å². The summed E-state index contributed by atoms with van der Waals surface area (Å²) in [6.45, 7) is 13.3. The normalized spacial score (nSPS) is 13.1. The lowest BCUT2D eigenvalue weighted by atomic mass is 9.99.